The number of unbranched alkanes of at least 4 members (excludes halogenated alkanes) is 2. The third-order valence-electron chi connectivity index (χ3n) is 3.38. The lowest BCUT2D eigenvalue weighted by Gasteiger charge is -2.03. The molecule has 0 aromatic heterocycles. The number of aryl methyl sites for hydroxylation is 1. The van der Waals surface area contributed by atoms with Crippen LogP contribution < -0.4 is 0 Å². The zero-order valence-electron chi connectivity index (χ0n) is 13.5. The summed E-state index contributed by atoms with van der Waals surface area (Å²) in [4.78, 5) is 0.748. The van der Waals surface area contributed by atoms with Crippen molar-refractivity contribution in [3.05, 3.63) is 65.7 Å². The highest BCUT2D eigenvalue weighted by Gasteiger charge is 1.99. The Balaban J connectivity index is 1.56. The van der Waals surface area contributed by atoms with Crippen LogP contribution in [0.3, 0.4) is 0 Å². The monoisotopic (exact) mass is 329 g/mol. The van der Waals surface area contributed by atoms with Gasteiger partial charge in [0.2, 0.25) is 0 Å². The van der Waals surface area contributed by atoms with Crippen LogP contribution in [0.1, 0.15) is 30.4 Å². The molecule has 2 aromatic carbocycles. The number of benzene rings is 2. The molecule has 0 N–H and O–H groups in total. The highest BCUT2D eigenvalue weighted by Crippen LogP contribution is 2.09. The molecule has 23 heavy (non-hydrogen) atoms. The first kappa shape index (κ1) is 17.6. The first-order chi connectivity index (χ1) is 11.3. The summed E-state index contributed by atoms with van der Waals surface area (Å²) in [6, 6.07) is 17.8. The predicted octanol–water partition coefficient (Wildman–Crippen LogP) is 4.48. The number of hydrogen-bond donors (Lipinski definition) is 0. The molecule has 2 rings (SSSR count). The first-order valence-corrected chi connectivity index (χ1v) is 8.99. The van der Waals surface area contributed by atoms with E-state index in [9.17, 15) is 4.21 Å². The van der Waals surface area contributed by atoms with E-state index < -0.39 is 11.0 Å². The molecule has 0 bridgehead atoms. The Morgan fingerprint density at radius 3 is 2.52 bits per heavy atom. The lowest BCUT2D eigenvalue weighted by atomic mass is 10.2. The van der Waals surface area contributed by atoms with E-state index in [0.29, 0.717) is 6.61 Å². The van der Waals surface area contributed by atoms with Crippen molar-refractivity contribution in [2.75, 3.05) is 6.61 Å². The average Bonchev–Trinajstić information content (AvgIpc) is 2.58. The lowest BCUT2D eigenvalue weighted by molar-refractivity contribution is 0.117. The van der Waals surface area contributed by atoms with Gasteiger partial charge in [0.05, 0.1) is 11.5 Å². The predicted molar refractivity (Wildman–Crippen MR) is 96.0 cm³/mol. The van der Waals surface area contributed by atoms with Gasteiger partial charge in [-0.15, -0.1) is 0 Å². The molecule has 122 valence electrons. The quantitative estimate of drug-likeness (QED) is 0.503. The van der Waals surface area contributed by atoms with Crippen molar-refractivity contribution >= 4 is 17.2 Å². The van der Waals surface area contributed by atoms with E-state index in [0.717, 1.165) is 36.3 Å². The Bertz CT molecular complexity index is 624. The maximum Gasteiger partial charge on any atom is 0.172 e. The van der Waals surface area contributed by atoms with Crippen LogP contribution in [-0.4, -0.2) is 17.0 Å². The number of rotatable bonds is 9. The summed E-state index contributed by atoms with van der Waals surface area (Å²) < 4.78 is 21.7. The molecular weight excluding hydrogens is 306 g/mol. The summed E-state index contributed by atoms with van der Waals surface area (Å²) in [6.45, 7) is 3.41. The minimum absolute atomic E-state index is 0.659. The molecule has 0 aliphatic rings. The van der Waals surface area contributed by atoms with Gasteiger partial charge in [-0.2, -0.15) is 4.40 Å². The zero-order valence-corrected chi connectivity index (χ0v) is 14.3. The van der Waals surface area contributed by atoms with E-state index >= 15 is 0 Å². The van der Waals surface area contributed by atoms with Crippen LogP contribution in [0, 0.1) is 6.92 Å². The standard InChI is InChI=1S/C19H23NO2S/c1-17-10-12-19(13-11-17)23(21)20-14-6-3-7-15-22-16-18-8-4-2-5-9-18/h2,4-5,8-14H,3,6-7,15-16H2,1H3/b20-14+. The van der Waals surface area contributed by atoms with Gasteiger partial charge in [0.25, 0.3) is 0 Å². The fourth-order valence-corrected chi connectivity index (χ4v) is 2.77. The largest absolute Gasteiger partial charge is 0.377 e. The summed E-state index contributed by atoms with van der Waals surface area (Å²) in [5, 5.41) is 0. The molecule has 0 fully saturated rings. The van der Waals surface area contributed by atoms with Crippen LogP contribution in [0.15, 0.2) is 63.9 Å². The lowest BCUT2D eigenvalue weighted by Crippen LogP contribution is -1.95. The molecule has 0 saturated heterocycles. The molecular formula is C19H23NO2S. The summed E-state index contributed by atoms with van der Waals surface area (Å²) in [7, 11) is -1.29. The van der Waals surface area contributed by atoms with Crippen LogP contribution >= 0.6 is 0 Å². The molecule has 0 amide bonds. The van der Waals surface area contributed by atoms with Crippen molar-refractivity contribution in [2.45, 2.75) is 37.7 Å². The normalized spacial score (nSPS) is 12.6. The van der Waals surface area contributed by atoms with Crippen molar-refractivity contribution < 1.29 is 8.95 Å². The molecule has 0 spiro atoms. The van der Waals surface area contributed by atoms with Crippen LogP contribution in [-0.2, 0) is 22.3 Å². The number of hydrogen-bond acceptors (Lipinski definition) is 2. The zero-order chi connectivity index (χ0) is 16.3. The molecule has 0 radical (unpaired) electrons. The summed E-state index contributed by atoms with van der Waals surface area (Å²) >= 11 is 0. The molecule has 1 unspecified atom stereocenters. The van der Waals surface area contributed by atoms with E-state index in [1.54, 1.807) is 6.21 Å². The van der Waals surface area contributed by atoms with Crippen LogP contribution in [0.4, 0.5) is 0 Å². The van der Waals surface area contributed by atoms with Gasteiger partial charge in [-0.25, -0.2) is 4.21 Å². The van der Waals surface area contributed by atoms with E-state index in [2.05, 4.69) is 16.5 Å². The van der Waals surface area contributed by atoms with Crippen LogP contribution in [0.2, 0.25) is 0 Å². The second-order valence-corrected chi connectivity index (χ2v) is 6.56. The SMILES string of the molecule is Cc1ccc(S(=O)/N=C/CCCCOCc2ccccc2)cc1. The van der Waals surface area contributed by atoms with Gasteiger partial charge < -0.3 is 4.74 Å². The Hall–Kier alpha value is -1.78. The van der Waals surface area contributed by atoms with Crippen molar-refractivity contribution in [1.82, 2.24) is 0 Å². The fraction of sp³-hybridized carbons (Fsp3) is 0.316. The maximum absolute atomic E-state index is 11.9. The average molecular weight is 329 g/mol. The maximum atomic E-state index is 11.9. The van der Waals surface area contributed by atoms with Gasteiger partial charge in [0, 0.05) is 12.8 Å². The van der Waals surface area contributed by atoms with Gasteiger partial charge in [-0.05, 0) is 43.9 Å². The highest BCUT2D eigenvalue weighted by molar-refractivity contribution is 7.83. The minimum Gasteiger partial charge on any atom is -0.377 e. The van der Waals surface area contributed by atoms with Crippen molar-refractivity contribution in [3.8, 4) is 0 Å². The van der Waals surface area contributed by atoms with Crippen molar-refractivity contribution in [1.29, 1.82) is 0 Å². The third-order valence-corrected chi connectivity index (χ3v) is 4.39. The molecule has 0 saturated carbocycles. The summed E-state index contributed by atoms with van der Waals surface area (Å²) in [5.74, 6) is 0. The molecule has 1 atom stereocenters. The van der Waals surface area contributed by atoms with E-state index in [1.165, 1.54) is 5.56 Å². The Morgan fingerprint density at radius 2 is 1.78 bits per heavy atom. The van der Waals surface area contributed by atoms with E-state index in [4.69, 9.17) is 4.74 Å². The smallest absolute Gasteiger partial charge is 0.172 e. The van der Waals surface area contributed by atoms with Gasteiger partial charge >= 0.3 is 0 Å². The van der Waals surface area contributed by atoms with E-state index in [-0.39, 0.29) is 0 Å². The molecule has 0 heterocycles. The Morgan fingerprint density at radius 1 is 1.04 bits per heavy atom. The first-order valence-electron chi connectivity index (χ1n) is 7.88. The second kappa shape index (κ2) is 10.1. The van der Waals surface area contributed by atoms with Gasteiger partial charge in [0.15, 0.2) is 11.0 Å². The van der Waals surface area contributed by atoms with Crippen LogP contribution in [0.5, 0.6) is 0 Å². The Kier molecular flexibility index (Phi) is 7.70. The molecule has 2 aromatic rings. The number of nitrogens with zero attached hydrogens (tertiary/aromatic N) is 1. The van der Waals surface area contributed by atoms with Crippen molar-refractivity contribution in [3.63, 3.8) is 0 Å². The van der Waals surface area contributed by atoms with Gasteiger partial charge in [-0.3, -0.25) is 0 Å². The molecule has 0 aliphatic heterocycles. The van der Waals surface area contributed by atoms with Gasteiger partial charge in [0.1, 0.15) is 0 Å². The summed E-state index contributed by atoms with van der Waals surface area (Å²) in [5.41, 5.74) is 2.35. The topological polar surface area (TPSA) is 38.7 Å². The third kappa shape index (κ3) is 6.89. The number of ether oxygens (including phenoxy) is 1. The van der Waals surface area contributed by atoms with Gasteiger partial charge in [-0.1, -0.05) is 48.0 Å². The Labute approximate surface area is 141 Å². The molecule has 4 heteroatoms. The van der Waals surface area contributed by atoms with Crippen molar-refractivity contribution in [2.24, 2.45) is 4.40 Å². The molecule has 3 nitrogen and oxygen atoms in total. The second-order valence-electron chi connectivity index (χ2n) is 5.38. The van der Waals surface area contributed by atoms with Crippen LogP contribution in [0.25, 0.3) is 0 Å². The molecule has 0 aliphatic carbocycles. The fourth-order valence-electron chi connectivity index (χ4n) is 2.04. The summed E-state index contributed by atoms with van der Waals surface area (Å²) in [6.07, 6.45) is 4.55. The minimum atomic E-state index is -1.29. The highest BCUT2D eigenvalue weighted by atomic mass is 32.2. The van der Waals surface area contributed by atoms with E-state index in [1.807, 2.05) is 49.4 Å².